The van der Waals surface area contributed by atoms with E-state index in [1.54, 1.807) is 33.4 Å². The summed E-state index contributed by atoms with van der Waals surface area (Å²) < 4.78 is 3.64. The van der Waals surface area contributed by atoms with Crippen molar-refractivity contribution in [2.24, 2.45) is 0 Å². The third kappa shape index (κ3) is 5.59. The smallest absolute Gasteiger partial charge is 1.00 e. The molecular weight excluding hydrogens is 546 g/mol. The summed E-state index contributed by atoms with van der Waals surface area (Å²) in [4.78, 5) is 0. The molecule has 4 aliphatic carbocycles. The van der Waals surface area contributed by atoms with Crippen molar-refractivity contribution in [3.8, 4) is 0 Å². The molecular formula is C32H34Cl2Zr. The maximum absolute atomic E-state index is 2.71. The van der Waals surface area contributed by atoms with Gasteiger partial charge in [0.1, 0.15) is 0 Å². The SMILES string of the molecule is C1=[C]([Zr+2][C]2=CC3=C(CCCCC3)C2c2ccccc2)C(c2ccccc2)C2=C1CCCCC2.[Cl-].[Cl-]. The summed E-state index contributed by atoms with van der Waals surface area (Å²) in [7, 11) is 0. The first-order valence-electron chi connectivity index (χ1n) is 13.1. The van der Waals surface area contributed by atoms with Gasteiger partial charge in [-0.05, 0) is 0 Å². The molecule has 4 aliphatic rings. The van der Waals surface area contributed by atoms with Gasteiger partial charge in [0.25, 0.3) is 0 Å². The monoisotopic (exact) mass is 578 g/mol. The van der Waals surface area contributed by atoms with E-state index in [-0.39, 0.29) is 24.8 Å². The predicted octanol–water partition coefficient (Wildman–Crippen LogP) is 2.96. The van der Waals surface area contributed by atoms with Crippen LogP contribution in [0.2, 0.25) is 0 Å². The van der Waals surface area contributed by atoms with Gasteiger partial charge in [0.2, 0.25) is 0 Å². The third-order valence-electron chi connectivity index (χ3n) is 8.14. The number of benzene rings is 2. The molecule has 0 radical (unpaired) electrons. The van der Waals surface area contributed by atoms with Gasteiger partial charge in [0.15, 0.2) is 0 Å². The van der Waals surface area contributed by atoms with Gasteiger partial charge in [-0.25, -0.2) is 0 Å². The number of hydrogen-bond donors (Lipinski definition) is 0. The van der Waals surface area contributed by atoms with E-state index in [4.69, 9.17) is 0 Å². The normalized spacial score (nSPS) is 23.5. The van der Waals surface area contributed by atoms with Crippen LogP contribution in [0, 0.1) is 0 Å². The summed E-state index contributed by atoms with van der Waals surface area (Å²) in [6, 6.07) is 22.9. The van der Waals surface area contributed by atoms with Crippen molar-refractivity contribution in [1.29, 1.82) is 0 Å². The van der Waals surface area contributed by atoms with Gasteiger partial charge >= 0.3 is 212 Å². The first-order valence-corrected chi connectivity index (χ1v) is 15.6. The van der Waals surface area contributed by atoms with Crippen molar-refractivity contribution in [2.45, 2.75) is 76.0 Å². The molecule has 2 atom stereocenters. The zero-order chi connectivity index (χ0) is 22.0. The largest absolute Gasteiger partial charge is 1.00 e. The predicted molar refractivity (Wildman–Crippen MR) is 135 cm³/mol. The first kappa shape index (κ1) is 26.9. The summed E-state index contributed by atoms with van der Waals surface area (Å²) >= 11 is -0.877. The average Bonchev–Trinajstić information content (AvgIpc) is 3.14. The van der Waals surface area contributed by atoms with Gasteiger partial charge in [-0.2, -0.15) is 0 Å². The van der Waals surface area contributed by atoms with Gasteiger partial charge in [0, 0.05) is 0 Å². The first-order chi connectivity index (χ1) is 16.4. The Balaban J connectivity index is 0.00000144. The van der Waals surface area contributed by atoms with Crippen LogP contribution in [0.4, 0.5) is 0 Å². The van der Waals surface area contributed by atoms with Crippen LogP contribution in [-0.2, 0) is 23.2 Å². The van der Waals surface area contributed by atoms with Crippen molar-refractivity contribution in [1.82, 2.24) is 0 Å². The maximum Gasteiger partial charge on any atom is -1.00 e. The second-order valence-corrected chi connectivity index (χ2v) is 13.7. The van der Waals surface area contributed by atoms with Gasteiger partial charge in [-0.15, -0.1) is 0 Å². The minimum absolute atomic E-state index is 0. The molecule has 0 aliphatic heterocycles. The maximum atomic E-state index is 2.71. The second kappa shape index (κ2) is 12.4. The van der Waals surface area contributed by atoms with E-state index in [0.29, 0.717) is 11.8 Å². The fourth-order valence-electron chi connectivity index (χ4n) is 6.60. The molecule has 0 saturated heterocycles. The third-order valence-corrected chi connectivity index (χ3v) is 11.7. The molecule has 35 heavy (non-hydrogen) atoms. The number of halogens is 2. The van der Waals surface area contributed by atoms with Crippen molar-refractivity contribution >= 4 is 0 Å². The van der Waals surface area contributed by atoms with Gasteiger partial charge < -0.3 is 24.8 Å². The minimum Gasteiger partial charge on any atom is -1.00 e. The molecule has 0 nitrogen and oxygen atoms in total. The second-order valence-electron chi connectivity index (χ2n) is 10.2. The summed E-state index contributed by atoms with van der Waals surface area (Å²) in [6.07, 6.45) is 18.9. The summed E-state index contributed by atoms with van der Waals surface area (Å²) in [5.74, 6) is 1.15. The van der Waals surface area contributed by atoms with Crippen molar-refractivity contribution in [3.05, 3.63) is 113 Å². The zero-order valence-corrected chi connectivity index (χ0v) is 24.4. The summed E-state index contributed by atoms with van der Waals surface area (Å²) in [5.41, 5.74) is 10.1. The van der Waals surface area contributed by atoms with Crippen LogP contribution in [0.25, 0.3) is 0 Å². The molecule has 6 rings (SSSR count). The summed E-state index contributed by atoms with van der Waals surface area (Å²) in [5, 5.41) is 0. The minimum atomic E-state index is -0.877. The average molecular weight is 581 g/mol. The molecule has 0 aromatic heterocycles. The van der Waals surface area contributed by atoms with E-state index in [1.807, 2.05) is 6.56 Å². The van der Waals surface area contributed by atoms with E-state index in [9.17, 15) is 0 Å². The van der Waals surface area contributed by atoms with Crippen molar-refractivity contribution in [2.75, 3.05) is 0 Å². The zero-order valence-electron chi connectivity index (χ0n) is 20.4. The van der Waals surface area contributed by atoms with Crippen LogP contribution >= 0.6 is 0 Å². The molecule has 2 aromatic carbocycles. The fraction of sp³-hybridized carbons (Fsp3) is 0.375. The van der Waals surface area contributed by atoms with Crippen molar-refractivity contribution < 1.29 is 48.0 Å². The Labute approximate surface area is 235 Å². The molecule has 0 fully saturated rings. The van der Waals surface area contributed by atoms with Crippen LogP contribution in [0.15, 0.2) is 102 Å². The molecule has 0 amide bonds. The van der Waals surface area contributed by atoms with Crippen LogP contribution in [-0.4, -0.2) is 0 Å². The fourth-order valence-corrected chi connectivity index (χ4v) is 11.0. The molecule has 0 saturated carbocycles. The molecule has 180 valence electrons. The molecule has 2 unspecified atom stereocenters. The van der Waals surface area contributed by atoms with E-state index < -0.39 is 23.2 Å². The Morgan fingerprint density at radius 2 is 0.886 bits per heavy atom. The topological polar surface area (TPSA) is 0 Å². The number of hydrogen-bond acceptors (Lipinski definition) is 0. The van der Waals surface area contributed by atoms with Crippen LogP contribution in [0.3, 0.4) is 0 Å². The van der Waals surface area contributed by atoms with Crippen LogP contribution < -0.4 is 24.8 Å². The Morgan fingerprint density at radius 3 is 1.31 bits per heavy atom. The van der Waals surface area contributed by atoms with Gasteiger partial charge in [-0.1, -0.05) is 0 Å². The van der Waals surface area contributed by atoms with E-state index >= 15 is 0 Å². The van der Waals surface area contributed by atoms with E-state index in [2.05, 4.69) is 72.8 Å². The molecule has 0 spiro atoms. The Bertz CT molecular complexity index is 1050. The summed E-state index contributed by atoms with van der Waals surface area (Å²) in [6.45, 7) is 0. The van der Waals surface area contributed by atoms with Crippen LogP contribution in [0.5, 0.6) is 0 Å². The molecule has 0 N–H and O–H groups in total. The quantitative estimate of drug-likeness (QED) is 0.522. The van der Waals surface area contributed by atoms with Crippen molar-refractivity contribution in [3.63, 3.8) is 0 Å². The Kier molecular flexibility index (Phi) is 9.54. The Morgan fingerprint density at radius 1 is 0.486 bits per heavy atom. The van der Waals surface area contributed by atoms with Gasteiger partial charge in [0.05, 0.1) is 0 Å². The standard InChI is InChI=1S/2C16H17.2ClH.Zr/c2*1-3-7-13(8-4-1)16-12-11-14-9-5-2-6-10-15(14)16;;;/h2*1,3-4,7-8,11,16H,2,5-6,9-10H2;2*1H;/q;;;;+2/p-2. The molecule has 3 heteroatoms. The van der Waals surface area contributed by atoms with Gasteiger partial charge in [-0.3, -0.25) is 0 Å². The molecule has 2 aromatic rings. The number of allylic oxidation sites excluding steroid dienone is 8. The van der Waals surface area contributed by atoms with E-state index in [1.165, 1.54) is 64.2 Å². The molecule has 0 bridgehead atoms. The van der Waals surface area contributed by atoms with Crippen LogP contribution in [0.1, 0.15) is 87.2 Å². The Hall–Kier alpha value is -1.14. The van der Waals surface area contributed by atoms with E-state index in [0.717, 1.165) is 0 Å². The molecule has 0 heterocycles. The number of rotatable bonds is 4.